The van der Waals surface area contributed by atoms with Crippen LogP contribution in [0.5, 0.6) is 0 Å². The minimum Gasteiger partial charge on any atom is -0.370 e. The number of nitrogens with two attached hydrogens (primary N) is 1. The second-order valence-electron chi connectivity index (χ2n) is 7.81. The number of aryl methyl sites for hydroxylation is 2. The van der Waals surface area contributed by atoms with Crippen LogP contribution in [0, 0.1) is 6.92 Å². The molecule has 2 aliphatic rings. The number of primary amides is 1. The number of benzene rings is 1. The van der Waals surface area contributed by atoms with Crippen LogP contribution in [0.2, 0.25) is 5.02 Å². The van der Waals surface area contributed by atoms with Crippen molar-refractivity contribution in [3.05, 3.63) is 76.6 Å². The van der Waals surface area contributed by atoms with E-state index >= 15 is 0 Å². The van der Waals surface area contributed by atoms with Crippen LogP contribution in [0.4, 0.5) is 0 Å². The quantitative estimate of drug-likeness (QED) is 0.642. The largest absolute Gasteiger partial charge is 0.370 e. The smallest absolute Gasteiger partial charge is 0.219 e. The molecule has 8 nitrogen and oxygen atoms in total. The van der Waals surface area contributed by atoms with Crippen LogP contribution in [0.25, 0.3) is 11.8 Å². The van der Waals surface area contributed by atoms with E-state index in [0.717, 1.165) is 28.6 Å². The lowest BCUT2D eigenvalue weighted by Crippen LogP contribution is -2.35. The van der Waals surface area contributed by atoms with E-state index in [2.05, 4.69) is 37.9 Å². The average molecular weight is 436 g/mol. The highest BCUT2D eigenvalue weighted by Gasteiger charge is 2.39. The number of fused-ring (bicyclic) bond motifs is 3. The first-order valence-electron chi connectivity index (χ1n) is 10.1. The Balaban J connectivity index is 1.52. The van der Waals surface area contributed by atoms with E-state index in [0.29, 0.717) is 18.1 Å². The number of nitrogens with zero attached hydrogens (tertiary/aromatic N) is 6. The van der Waals surface area contributed by atoms with Crippen LogP contribution in [-0.2, 0) is 17.9 Å². The van der Waals surface area contributed by atoms with Crippen molar-refractivity contribution in [3.8, 4) is 0 Å². The van der Waals surface area contributed by atoms with Crippen LogP contribution in [-0.4, -0.2) is 41.4 Å². The highest BCUT2D eigenvalue weighted by Crippen LogP contribution is 2.41. The van der Waals surface area contributed by atoms with Gasteiger partial charge in [-0.1, -0.05) is 29.8 Å². The molecule has 2 aromatic heterocycles. The summed E-state index contributed by atoms with van der Waals surface area (Å²) < 4.78 is 3.92. The number of carbonyl (C=O) groups is 1. The number of rotatable bonds is 6. The van der Waals surface area contributed by atoms with Gasteiger partial charge >= 0.3 is 0 Å². The van der Waals surface area contributed by atoms with Gasteiger partial charge in [0, 0.05) is 30.7 Å². The van der Waals surface area contributed by atoms with Crippen molar-refractivity contribution in [3.63, 3.8) is 0 Å². The van der Waals surface area contributed by atoms with Gasteiger partial charge in [0.05, 0.1) is 17.8 Å². The topological polar surface area (TPSA) is 94.9 Å². The summed E-state index contributed by atoms with van der Waals surface area (Å²) in [6.07, 6.45) is 8.55. The molecule has 31 heavy (non-hydrogen) atoms. The summed E-state index contributed by atoms with van der Waals surface area (Å²) in [7, 11) is 0. The lowest BCUT2D eigenvalue weighted by atomic mass is 10.1. The normalized spacial score (nSPS) is 19.3. The maximum absolute atomic E-state index is 11.1. The maximum atomic E-state index is 11.1. The molecule has 0 aliphatic carbocycles. The zero-order valence-electron chi connectivity index (χ0n) is 17.0. The summed E-state index contributed by atoms with van der Waals surface area (Å²) in [4.78, 5) is 13.5. The predicted octanol–water partition coefficient (Wildman–Crippen LogP) is 2.81. The van der Waals surface area contributed by atoms with Crippen molar-refractivity contribution >= 4 is 29.3 Å². The van der Waals surface area contributed by atoms with Gasteiger partial charge in [0.1, 0.15) is 11.5 Å². The summed E-state index contributed by atoms with van der Waals surface area (Å²) in [5.41, 5.74) is 8.28. The van der Waals surface area contributed by atoms with Crippen molar-refractivity contribution < 1.29 is 4.79 Å². The first-order chi connectivity index (χ1) is 15.0. The van der Waals surface area contributed by atoms with Crippen molar-refractivity contribution in [1.29, 1.82) is 0 Å². The molecule has 5 rings (SSSR count). The zero-order valence-corrected chi connectivity index (χ0v) is 17.8. The molecule has 2 unspecified atom stereocenters. The summed E-state index contributed by atoms with van der Waals surface area (Å²) in [6.45, 7) is 3.11. The Bertz CT molecular complexity index is 1210. The summed E-state index contributed by atoms with van der Waals surface area (Å²) >= 11 is 6.24. The number of halogens is 1. The van der Waals surface area contributed by atoms with E-state index in [-0.39, 0.29) is 24.4 Å². The molecule has 2 N–H and O–H groups in total. The zero-order chi connectivity index (χ0) is 21.5. The predicted molar refractivity (Wildman–Crippen MR) is 118 cm³/mol. The monoisotopic (exact) mass is 435 g/mol. The third kappa shape index (κ3) is 3.63. The van der Waals surface area contributed by atoms with Crippen molar-refractivity contribution in [1.82, 2.24) is 29.4 Å². The number of hydrogen-bond acceptors (Lipinski definition) is 5. The summed E-state index contributed by atoms with van der Waals surface area (Å²) in [5.74, 6) is 1.39. The molecule has 3 aromatic rings. The van der Waals surface area contributed by atoms with E-state index < -0.39 is 0 Å². The van der Waals surface area contributed by atoms with Gasteiger partial charge < -0.3 is 15.2 Å². The Morgan fingerprint density at radius 3 is 2.90 bits per heavy atom. The second-order valence-corrected chi connectivity index (χ2v) is 8.24. The Morgan fingerprint density at radius 2 is 2.10 bits per heavy atom. The van der Waals surface area contributed by atoms with E-state index in [1.807, 2.05) is 43.5 Å². The fourth-order valence-electron chi connectivity index (χ4n) is 4.30. The highest BCUT2D eigenvalue weighted by molar-refractivity contribution is 6.30. The van der Waals surface area contributed by atoms with E-state index in [1.165, 1.54) is 0 Å². The molecule has 1 aromatic carbocycles. The molecule has 9 heteroatoms. The molecule has 0 radical (unpaired) electrons. The van der Waals surface area contributed by atoms with Crippen LogP contribution in [0.1, 0.15) is 35.4 Å². The van der Waals surface area contributed by atoms with Crippen molar-refractivity contribution in [2.75, 3.05) is 0 Å². The number of aromatic nitrogens is 5. The molecule has 2 atom stereocenters. The Kier molecular flexibility index (Phi) is 4.86. The van der Waals surface area contributed by atoms with E-state index in [1.54, 1.807) is 4.68 Å². The van der Waals surface area contributed by atoms with Gasteiger partial charge in [0.15, 0.2) is 5.82 Å². The van der Waals surface area contributed by atoms with Gasteiger partial charge in [-0.25, -0.2) is 0 Å². The van der Waals surface area contributed by atoms with Crippen LogP contribution < -0.4 is 5.73 Å². The molecule has 158 valence electrons. The molecule has 0 fully saturated rings. The molecule has 0 saturated carbocycles. The number of amides is 1. The molecule has 1 amide bonds. The first-order valence-corrected chi connectivity index (χ1v) is 10.5. The molecule has 4 heterocycles. The van der Waals surface area contributed by atoms with Crippen LogP contribution in [0.3, 0.4) is 0 Å². The fourth-order valence-corrected chi connectivity index (χ4v) is 4.51. The molecule has 0 bridgehead atoms. The third-order valence-electron chi connectivity index (χ3n) is 5.71. The van der Waals surface area contributed by atoms with Gasteiger partial charge in [-0.3, -0.25) is 9.48 Å². The molecule has 0 saturated heterocycles. The van der Waals surface area contributed by atoms with Crippen molar-refractivity contribution in [2.24, 2.45) is 5.73 Å². The minimum atomic E-state index is -0.341. The van der Waals surface area contributed by atoms with Gasteiger partial charge in [0.2, 0.25) is 5.91 Å². The second kappa shape index (κ2) is 7.70. The number of hydrogen-bond donors (Lipinski definition) is 1. The number of carbonyl (C=O) groups excluding carboxylic acids is 1. The van der Waals surface area contributed by atoms with Crippen LogP contribution >= 0.6 is 11.6 Å². The van der Waals surface area contributed by atoms with Gasteiger partial charge in [-0.05, 0) is 42.8 Å². The van der Waals surface area contributed by atoms with E-state index in [4.69, 9.17) is 22.4 Å². The van der Waals surface area contributed by atoms with Gasteiger partial charge in [0.25, 0.3) is 0 Å². The first kappa shape index (κ1) is 19.6. The Hall–Kier alpha value is -3.39. The van der Waals surface area contributed by atoms with Crippen LogP contribution in [0.15, 0.2) is 48.7 Å². The molecular weight excluding hydrogens is 414 g/mol. The Labute approximate surface area is 184 Å². The van der Waals surface area contributed by atoms with E-state index in [9.17, 15) is 4.79 Å². The van der Waals surface area contributed by atoms with Gasteiger partial charge in [-0.15, -0.1) is 10.2 Å². The SMILES string of the molecule is Cc1nnc2n1C1C=C(c3ccn(CCC(N)=O)n3)N(Cc3cccc(Cl)c3)C1C=C2. The molecular formula is C22H22ClN7O. The minimum absolute atomic E-state index is 0.0694. The molecule has 0 spiro atoms. The lowest BCUT2D eigenvalue weighted by molar-refractivity contribution is -0.118. The summed E-state index contributed by atoms with van der Waals surface area (Å²) in [5, 5.41) is 14.0. The lowest BCUT2D eigenvalue weighted by Gasteiger charge is -2.33. The average Bonchev–Trinajstić information content (AvgIpc) is 3.44. The third-order valence-corrected chi connectivity index (χ3v) is 5.95. The summed E-state index contributed by atoms with van der Waals surface area (Å²) in [6, 6.07) is 10.0. The Morgan fingerprint density at radius 1 is 1.23 bits per heavy atom. The van der Waals surface area contributed by atoms with Crippen molar-refractivity contribution in [2.45, 2.75) is 38.5 Å². The maximum Gasteiger partial charge on any atom is 0.219 e. The fraction of sp³-hybridized carbons (Fsp3) is 0.273. The van der Waals surface area contributed by atoms with Gasteiger partial charge in [-0.2, -0.15) is 5.10 Å². The molecule has 2 aliphatic heterocycles. The standard InChI is InChI=1S/C22H22ClN7O/c1-14-25-26-22-6-5-18-20(30(14)22)12-19(17-7-9-28(27-17)10-8-21(24)31)29(18)13-15-3-2-4-16(23)11-15/h2-7,9,11-12,18,20H,8,10,13H2,1H3,(H2,24,31). The highest BCUT2D eigenvalue weighted by atomic mass is 35.5.